The van der Waals surface area contributed by atoms with Crippen molar-refractivity contribution in [2.45, 2.75) is 19.7 Å². The maximum absolute atomic E-state index is 13.1. The Kier molecular flexibility index (Phi) is 3.85. The van der Waals surface area contributed by atoms with Crippen LogP contribution in [0.2, 0.25) is 0 Å². The molecule has 5 nitrogen and oxygen atoms in total. The highest BCUT2D eigenvalue weighted by Crippen LogP contribution is 2.45. The van der Waals surface area contributed by atoms with E-state index in [0.29, 0.717) is 28.0 Å². The molecule has 1 unspecified atom stereocenters. The second-order valence-electron chi connectivity index (χ2n) is 6.28. The molecule has 1 aromatic heterocycles. The van der Waals surface area contributed by atoms with Crippen molar-refractivity contribution in [1.29, 1.82) is 0 Å². The molecule has 0 bridgehead atoms. The number of aliphatic hydroxyl groups is 1. The van der Waals surface area contributed by atoms with Gasteiger partial charge in [0.1, 0.15) is 11.6 Å². The Morgan fingerprint density at radius 1 is 1.27 bits per heavy atom. The molecule has 1 amide bonds. The van der Waals surface area contributed by atoms with E-state index in [4.69, 9.17) is 4.74 Å². The molecule has 0 spiro atoms. The van der Waals surface area contributed by atoms with Crippen LogP contribution in [0.25, 0.3) is 10.9 Å². The molecule has 1 N–H and O–H groups in total. The van der Waals surface area contributed by atoms with Crippen LogP contribution in [0.4, 0.5) is 4.39 Å². The van der Waals surface area contributed by atoms with Crippen LogP contribution in [0, 0.1) is 12.7 Å². The number of nitrogens with zero attached hydrogens (tertiary/aromatic N) is 2. The molecule has 1 atom stereocenters. The summed E-state index contributed by atoms with van der Waals surface area (Å²) in [5, 5.41) is 11.6. The van der Waals surface area contributed by atoms with Crippen molar-refractivity contribution < 1.29 is 19.0 Å². The largest absolute Gasteiger partial charge is 0.496 e. The quantitative estimate of drug-likeness (QED) is 0.785. The minimum absolute atomic E-state index is 0.168. The third-order valence-corrected chi connectivity index (χ3v) is 4.79. The lowest BCUT2D eigenvalue weighted by molar-refractivity contribution is 0.0129. The molecule has 26 heavy (non-hydrogen) atoms. The molecule has 0 fully saturated rings. The van der Waals surface area contributed by atoms with Crippen molar-refractivity contribution in [1.82, 2.24) is 9.88 Å². The molecule has 132 valence electrons. The number of halogens is 1. The van der Waals surface area contributed by atoms with Gasteiger partial charge in [0, 0.05) is 18.1 Å². The number of amides is 1. The number of carbonyl (C=O) groups is 1. The summed E-state index contributed by atoms with van der Waals surface area (Å²) in [7, 11) is 1.51. The molecule has 1 aliphatic rings. The Balaban J connectivity index is 1.85. The van der Waals surface area contributed by atoms with Crippen molar-refractivity contribution in [3.05, 3.63) is 70.7 Å². The fraction of sp³-hybridized carbons (Fsp3) is 0.200. The maximum atomic E-state index is 13.1. The van der Waals surface area contributed by atoms with Gasteiger partial charge in [-0.3, -0.25) is 9.78 Å². The smallest absolute Gasteiger partial charge is 0.257 e. The Labute approximate surface area is 149 Å². The van der Waals surface area contributed by atoms with Crippen LogP contribution in [-0.4, -0.2) is 28.0 Å². The van der Waals surface area contributed by atoms with Gasteiger partial charge in [0.15, 0.2) is 6.23 Å². The lowest BCUT2D eigenvalue weighted by Crippen LogP contribution is -2.27. The average Bonchev–Trinajstić information content (AvgIpc) is 2.89. The molecule has 2 aromatic carbocycles. The lowest BCUT2D eigenvalue weighted by Gasteiger charge is -2.21. The van der Waals surface area contributed by atoms with E-state index >= 15 is 0 Å². The Morgan fingerprint density at radius 3 is 2.69 bits per heavy atom. The zero-order valence-corrected chi connectivity index (χ0v) is 14.4. The summed E-state index contributed by atoms with van der Waals surface area (Å²) in [5.74, 6) is -0.184. The number of ether oxygens (including phenoxy) is 1. The number of methoxy groups -OCH3 is 1. The van der Waals surface area contributed by atoms with Gasteiger partial charge < -0.3 is 14.7 Å². The number of aliphatic hydroxyl groups excluding tert-OH is 1. The SMILES string of the molecule is COc1c2c(c(C)c3ncccc13)C(=O)N(Cc1ccc(F)cc1)C2O. The van der Waals surface area contributed by atoms with Crippen LogP contribution < -0.4 is 4.74 Å². The zero-order valence-electron chi connectivity index (χ0n) is 14.4. The van der Waals surface area contributed by atoms with Gasteiger partial charge in [-0.25, -0.2) is 4.39 Å². The van der Waals surface area contributed by atoms with Gasteiger partial charge in [0.25, 0.3) is 5.91 Å². The Morgan fingerprint density at radius 2 is 2.00 bits per heavy atom. The molecule has 1 aliphatic heterocycles. The molecule has 6 heteroatoms. The summed E-state index contributed by atoms with van der Waals surface area (Å²) < 4.78 is 18.7. The molecule has 4 rings (SSSR count). The summed E-state index contributed by atoms with van der Waals surface area (Å²) in [5.41, 5.74) is 2.99. The second-order valence-corrected chi connectivity index (χ2v) is 6.28. The van der Waals surface area contributed by atoms with E-state index in [0.717, 1.165) is 10.9 Å². The Bertz CT molecular complexity index is 1020. The fourth-order valence-electron chi connectivity index (χ4n) is 3.56. The van der Waals surface area contributed by atoms with E-state index in [1.807, 2.05) is 13.0 Å². The van der Waals surface area contributed by atoms with E-state index in [1.54, 1.807) is 24.4 Å². The van der Waals surface area contributed by atoms with Gasteiger partial charge in [-0.05, 0) is 42.3 Å². The second kappa shape index (κ2) is 6.07. The first-order valence-electron chi connectivity index (χ1n) is 8.21. The van der Waals surface area contributed by atoms with Crippen LogP contribution in [0.5, 0.6) is 5.75 Å². The molecule has 0 aliphatic carbocycles. The fourth-order valence-corrected chi connectivity index (χ4v) is 3.56. The van der Waals surface area contributed by atoms with Crippen molar-refractivity contribution >= 4 is 16.8 Å². The van der Waals surface area contributed by atoms with Gasteiger partial charge in [-0.15, -0.1) is 0 Å². The molecule has 0 saturated heterocycles. The molecule has 0 radical (unpaired) electrons. The third-order valence-electron chi connectivity index (χ3n) is 4.79. The monoisotopic (exact) mass is 352 g/mol. The van der Waals surface area contributed by atoms with Crippen molar-refractivity contribution in [2.75, 3.05) is 7.11 Å². The molecule has 2 heterocycles. The van der Waals surface area contributed by atoms with Crippen molar-refractivity contribution in [3.8, 4) is 5.75 Å². The Hall–Kier alpha value is -2.99. The molecular weight excluding hydrogens is 335 g/mol. The highest BCUT2D eigenvalue weighted by Gasteiger charge is 2.40. The topological polar surface area (TPSA) is 62.7 Å². The highest BCUT2D eigenvalue weighted by atomic mass is 19.1. The minimum Gasteiger partial charge on any atom is -0.496 e. The van der Waals surface area contributed by atoms with Crippen LogP contribution in [0.15, 0.2) is 42.6 Å². The predicted octanol–water partition coefficient (Wildman–Crippen LogP) is 3.34. The number of pyridine rings is 1. The maximum Gasteiger partial charge on any atom is 0.257 e. The number of hydrogen-bond acceptors (Lipinski definition) is 4. The van der Waals surface area contributed by atoms with Gasteiger partial charge >= 0.3 is 0 Å². The number of aryl methyl sites for hydroxylation is 1. The van der Waals surface area contributed by atoms with Crippen molar-refractivity contribution in [2.24, 2.45) is 0 Å². The average molecular weight is 352 g/mol. The number of carbonyl (C=O) groups excluding carboxylic acids is 1. The number of rotatable bonds is 3. The van der Waals surface area contributed by atoms with Crippen LogP contribution in [-0.2, 0) is 6.54 Å². The zero-order chi connectivity index (χ0) is 18.4. The van der Waals surface area contributed by atoms with Crippen LogP contribution in [0.1, 0.15) is 33.3 Å². The number of benzene rings is 2. The first-order valence-corrected chi connectivity index (χ1v) is 8.21. The van der Waals surface area contributed by atoms with E-state index in [9.17, 15) is 14.3 Å². The first-order chi connectivity index (χ1) is 12.5. The normalized spacial score (nSPS) is 16.2. The summed E-state index contributed by atoms with van der Waals surface area (Å²) in [6.45, 7) is 1.99. The first kappa shape index (κ1) is 16.5. The molecule has 3 aromatic rings. The predicted molar refractivity (Wildman–Crippen MR) is 94.3 cm³/mol. The summed E-state index contributed by atoms with van der Waals surface area (Å²) in [4.78, 5) is 18.7. The summed E-state index contributed by atoms with van der Waals surface area (Å²) in [6.07, 6.45) is 0.522. The van der Waals surface area contributed by atoms with Crippen LogP contribution >= 0.6 is 0 Å². The summed E-state index contributed by atoms with van der Waals surface area (Å²) >= 11 is 0. The van der Waals surface area contributed by atoms with Gasteiger partial charge in [0.05, 0.1) is 23.8 Å². The van der Waals surface area contributed by atoms with E-state index < -0.39 is 6.23 Å². The number of hydrogen-bond donors (Lipinski definition) is 1. The van der Waals surface area contributed by atoms with Gasteiger partial charge in [0.2, 0.25) is 0 Å². The van der Waals surface area contributed by atoms with E-state index in [2.05, 4.69) is 4.98 Å². The molecular formula is C20H17FN2O3. The van der Waals surface area contributed by atoms with E-state index in [1.165, 1.54) is 24.1 Å². The molecule has 0 saturated carbocycles. The highest BCUT2D eigenvalue weighted by molar-refractivity contribution is 6.07. The standard InChI is InChI=1S/C20H17FN2O3/c1-11-15-16(18(26-2)14-4-3-9-22-17(11)14)20(25)23(19(15)24)10-12-5-7-13(21)8-6-12/h3-9,20,25H,10H2,1-2H3. The van der Waals surface area contributed by atoms with Gasteiger partial charge in [-0.1, -0.05) is 12.1 Å². The van der Waals surface area contributed by atoms with Gasteiger partial charge in [-0.2, -0.15) is 0 Å². The third kappa shape index (κ3) is 2.34. The number of aromatic nitrogens is 1. The summed E-state index contributed by atoms with van der Waals surface area (Å²) in [6, 6.07) is 9.50. The lowest BCUT2D eigenvalue weighted by atomic mass is 9.97. The van der Waals surface area contributed by atoms with E-state index in [-0.39, 0.29) is 18.3 Å². The minimum atomic E-state index is -1.14. The number of fused-ring (bicyclic) bond motifs is 2. The van der Waals surface area contributed by atoms with Crippen molar-refractivity contribution in [3.63, 3.8) is 0 Å². The van der Waals surface area contributed by atoms with Crippen LogP contribution in [0.3, 0.4) is 0 Å².